The number of ether oxygens (including phenoxy) is 1. The number of rotatable bonds is 5. The Morgan fingerprint density at radius 1 is 1.36 bits per heavy atom. The lowest BCUT2D eigenvalue weighted by molar-refractivity contribution is 0.0390. The third kappa shape index (κ3) is 3.98. The summed E-state index contributed by atoms with van der Waals surface area (Å²) >= 11 is 0. The summed E-state index contributed by atoms with van der Waals surface area (Å²) < 4.78 is 36.7. The lowest BCUT2D eigenvalue weighted by Crippen LogP contribution is -2.48. The van der Waals surface area contributed by atoms with Gasteiger partial charge < -0.3 is 14.7 Å². The van der Waals surface area contributed by atoms with Crippen LogP contribution in [-0.2, 0) is 9.73 Å². The molecule has 3 heterocycles. The molecule has 2 aromatic heterocycles. The lowest BCUT2D eigenvalue weighted by Gasteiger charge is -2.39. The summed E-state index contributed by atoms with van der Waals surface area (Å²) in [5.41, 5.74) is 0.319. The number of hydrogen-bond donors (Lipinski definition) is 2. The number of piperidine rings is 1. The van der Waals surface area contributed by atoms with E-state index in [0.29, 0.717) is 31.4 Å². The molecule has 25 heavy (non-hydrogen) atoms. The Labute approximate surface area is 145 Å². The number of fused-ring (bicyclic) bond motifs is 1. The van der Waals surface area contributed by atoms with E-state index in [2.05, 4.69) is 14.9 Å². The van der Waals surface area contributed by atoms with Crippen LogP contribution in [0.1, 0.15) is 12.8 Å². The minimum absolute atomic E-state index is 0.0106. The Morgan fingerprint density at radius 2 is 2.04 bits per heavy atom. The molecule has 1 aliphatic rings. The topological polar surface area (TPSA) is 99.4 Å². The molecule has 1 fully saturated rings. The fourth-order valence-corrected chi connectivity index (χ4v) is 4.61. The van der Waals surface area contributed by atoms with Crippen molar-refractivity contribution in [3.63, 3.8) is 0 Å². The van der Waals surface area contributed by atoms with Crippen LogP contribution < -0.4 is 9.64 Å². The van der Waals surface area contributed by atoms with Crippen molar-refractivity contribution < 1.29 is 18.4 Å². The molecule has 0 amide bonds. The summed E-state index contributed by atoms with van der Waals surface area (Å²) in [5, 5.41) is 11.4. The number of alkyl halides is 1. The van der Waals surface area contributed by atoms with Gasteiger partial charge in [0.25, 0.3) is 0 Å². The average molecular weight is 368 g/mol. The fourth-order valence-electron chi connectivity index (χ4n) is 3.29. The van der Waals surface area contributed by atoms with Gasteiger partial charge in [-0.2, -0.15) is 0 Å². The number of hydrogen-bond acceptors (Lipinski definition) is 7. The van der Waals surface area contributed by atoms with Crippen molar-refractivity contribution in [2.24, 2.45) is 0 Å². The van der Waals surface area contributed by atoms with Gasteiger partial charge in [-0.25, -0.2) is 9.37 Å². The Morgan fingerprint density at radius 3 is 2.68 bits per heavy atom. The predicted molar refractivity (Wildman–Crippen MR) is 94.2 cm³/mol. The molecule has 2 N–H and O–H groups in total. The Kier molecular flexibility index (Phi) is 4.79. The molecule has 9 heteroatoms. The molecule has 0 aromatic carbocycles. The van der Waals surface area contributed by atoms with E-state index >= 15 is 0 Å². The molecule has 1 unspecified atom stereocenters. The summed E-state index contributed by atoms with van der Waals surface area (Å²) in [7, 11) is -2.75. The zero-order chi connectivity index (χ0) is 18.1. The predicted octanol–water partition coefficient (Wildman–Crippen LogP) is 1.94. The molecule has 1 saturated heterocycles. The van der Waals surface area contributed by atoms with Crippen LogP contribution in [0.3, 0.4) is 0 Å². The van der Waals surface area contributed by atoms with E-state index in [1.807, 2.05) is 6.07 Å². The van der Waals surface area contributed by atoms with E-state index in [-0.39, 0.29) is 11.6 Å². The van der Waals surface area contributed by atoms with E-state index < -0.39 is 22.2 Å². The van der Waals surface area contributed by atoms with E-state index in [9.17, 15) is 13.7 Å². The van der Waals surface area contributed by atoms with Gasteiger partial charge >= 0.3 is 0 Å². The van der Waals surface area contributed by atoms with Crippen molar-refractivity contribution in [1.29, 1.82) is 4.78 Å². The number of nitrogens with one attached hydrogen (secondary N) is 1. The van der Waals surface area contributed by atoms with Crippen LogP contribution in [0.5, 0.6) is 5.88 Å². The molecule has 3 rings (SSSR count). The number of aromatic nitrogens is 2. The SMILES string of the molecule is CS(=N)(=O)CC1(O)CCN(c2ccnc3c(OCF)nccc23)CC1. The zero-order valence-electron chi connectivity index (χ0n) is 13.9. The maximum absolute atomic E-state index is 12.5. The van der Waals surface area contributed by atoms with Gasteiger partial charge in [0.1, 0.15) is 5.52 Å². The average Bonchev–Trinajstić information content (AvgIpc) is 2.54. The number of aliphatic hydroxyl groups is 1. The lowest BCUT2D eigenvalue weighted by atomic mass is 9.93. The summed E-state index contributed by atoms with van der Waals surface area (Å²) in [5.74, 6) is 0.138. The largest absolute Gasteiger partial charge is 0.444 e. The summed E-state index contributed by atoms with van der Waals surface area (Å²) in [6, 6.07) is 3.66. The number of pyridine rings is 2. The molecule has 0 saturated carbocycles. The van der Waals surface area contributed by atoms with E-state index in [1.54, 1.807) is 18.5 Å². The van der Waals surface area contributed by atoms with Crippen LogP contribution >= 0.6 is 0 Å². The Bertz CT molecular complexity index is 867. The van der Waals surface area contributed by atoms with Gasteiger partial charge in [-0.15, -0.1) is 0 Å². The Balaban J connectivity index is 1.86. The van der Waals surface area contributed by atoms with Gasteiger partial charge in [0, 0.05) is 52.5 Å². The molecule has 0 radical (unpaired) electrons. The minimum atomic E-state index is -2.75. The molecule has 1 atom stereocenters. The third-order valence-electron chi connectivity index (χ3n) is 4.37. The van der Waals surface area contributed by atoms with Crippen LogP contribution in [0.4, 0.5) is 10.1 Å². The van der Waals surface area contributed by atoms with E-state index in [0.717, 1.165) is 11.1 Å². The van der Waals surface area contributed by atoms with Crippen molar-refractivity contribution in [2.45, 2.75) is 18.4 Å². The van der Waals surface area contributed by atoms with Crippen molar-refractivity contribution in [3.05, 3.63) is 24.5 Å². The second-order valence-electron chi connectivity index (χ2n) is 6.46. The van der Waals surface area contributed by atoms with Crippen molar-refractivity contribution >= 4 is 26.3 Å². The van der Waals surface area contributed by atoms with Crippen LogP contribution in [0, 0.1) is 4.78 Å². The third-order valence-corrected chi connectivity index (χ3v) is 5.46. The van der Waals surface area contributed by atoms with Gasteiger partial charge in [-0.3, -0.25) is 14.0 Å². The molecule has 136 valence electrons. The van der Waals surface area contributed by atoms with Crippen molar-refractivity contribution in [3.8, 4) is 5.88 Å². The highest BCUT2D eigenvalue weighted by Crippen LogP contribution is 2.33. The van der Waals surface area contributed by atoms with Gasteiger partial charge in [-0.1, -0.05) is 0 Å². The fraction of sp³-hybridized carbons (Fsp3) is 0.500. The number of nitrogens with zero attached hydrogens (tertiary/aromatic N) is 3. The molecular weight excluding hydrogens is 347 g/mol. The molecule has 0 aliphatic carbocycles. The van der Waals surface area contributed by atoms with Gasteiger partial charge in [0.2, 0.25) is 12.7 Å². The quantitative estimate of drug-likeness (QED) is 0.837. The standard InChI is InChI=1S/C16H21FN4O3S/c1-25(18,23)10-16(22)4-8-21(9-5-16)13-3-7-19-14-12(13)2-6-20-15(14)24-11-17/h2-3,6-7,18,22H,4-5,8-11H2,1H3. The summed E-state index contributed by atoms with van der Waals surface area (Å²) in [6.07, 6.45) is 5.38. The smallest absolute Gasteiger partial charge is 0.242 e. The number of halogens is 1. The van der Waals surface area contributed by atoms with Crippen molar-refractivity contribution in [2.75, 3.05) is 36.9 Å². The first-order valence-electron chi connectivity index (χ1n) is 7.93. The first-order chi connectivity index (χ1) is 11.8. The monoisotopic (exact) mass is 368 g/mol. The van der Waals surface area contributed by atoms with Gasteiger partial charge in [0.15, 0.2) is 0 Å². The highest BCUT2D eigenvalue weighted by atomic mass is 32.2. The van der Waals surface area contributed by atoms with E-state index in [4.69, 9.17) is 9.52 Å². The first kappa shape index (κ1) is 17.8. The van der Waals surface area contributed by atoms with Crippen LogP contribution in [0.15, 0.2) is 24.5 Å². The molecule has 1 aliphatic heterocycles. The number of anilines is 1. The summed E-state index contributed by atoms with van der Waals surface area (Å²) in [6.45, 7) is 0.150. The zero-order valence-corrected chi connectivity index (χ0v) is 14.8. The molecule has 0 bridgehead atoms. The minimum Gasteiger partial charge on any atom is -0.444 e. The maximum Gasteiger partial charge on any atom is 0.242 e. The normalized spacial score (nSPS) is 19.6. The maximum atomic E-state index is 12.5. The summed E-state index contributed by atoms with van der Waals surface area (Å²) in [4.78, 5) is 10.3. The van der Waals surface area contributed by atoms with E-state index in [1.165, 1.54) is 6.26 Å². The van der Waals surface area contributed by atoms with Crippen LogP contribution in [-0.4, -0.2) is 56.8 Å². The second-order valence-corrected chi connectivity index (χ2v) is 8.76. The molecular formula is C16H21FN4O3S. The Hall–Kier alpha value is -2.00. The van der Waals surface area contributed by atoms with Gasteiger partial charge in [-0.05, 0) is 25.0 Å². The van der Waals surface area contributed by atoms with Crippen molar-refractivity contribution in [1.82, 2.24) is 9.97 Å². The van der Waals surface area contributed by atoms with Gasteiger partial charge in [0.05, 0.1) is 11.4 Å². The first-order valence-corrected chi connectivity index (χ1v) is 10.1. The van der Waals surface area contributed by atoms with Crippen LogP contribution in [0.2, 0.25) is 0 Å². The highest BCUT2D eigenvalue weighted by molar-refractivity contribution is 7.91. The van der Waals surface area contributed by atoms with Crippen LogP contribution in [0.25, 0.3) is 10.9 Å². The molecule has 0 spiro atoms. The molecule has 7 nitrogen and oxygen atoms in total. The molecule has 2 aromatic rings. The second kappa shape index (κ2) is 6.72. The highest BCUT2D eigenvalue weighted by Gasteiger charge is 2.34.